The Morgan fingerprint density at radius 2 is 2.21 bits per heavy atom. The molecular weight excluding hydrogens is 255 g/mol. The second-order valence-electron chi connectivity index (χ2n) is 2.42. The fourth-order valence-electron chi connectivity index (χ4n) is 0.773. The summed E-state index contributed by atoms with van der Waals surface area (Å²) < 4.78 is 25.1. The van der Waals surface area contributed by atoms with Crippen LogP contribution in [-0.4, -0.2) is 23.8 Å². The van der Waals surface area contributed by atoms with Crippen LogP contribution in [-0.2, 0) is 4.79 Å². The molecule has 1 rings (SSSR count). The van der Waals surface area contributed by atoms with E-state index in [1.807, 2.05) is 0 Å². The Morgan fingerprint density at radius 3 is 2.64 bits per heavy atom. The fraction of sp³-hybridized carbons (Fsp3) is 0.222. The second-order valence-corrected chi connectivity index (χ2v) is 3.33. The molecule has 3 nitrogen and oxygen atoms in total. The van der Waals surface area contributed by atoms with E-state index in [1.54, 1.807) is 12.1 Å². The number of benzene rings is 1. The molecule has 0 unspecified atom stereocenters. The van der Waals surface area contributed by atoms with E-state index < -0.39 is 18.7 Å². The molecule has 1 atom stereocenters. The van der Waals surface area contributed by atoms with Crippen LogP contribution in [0.1, 0.15) is 1.37 Å². The minimum absolute atomic E-state index is 0.133. The van der Waals surface area contributed by atoms with Gasteiger partial charge in [-0.1, -0.05) is 15.9 Å². The lowest BCUT2D eigenvalue weighted by atomic mass is 10.3. The third kappa shape index (κ3) is 2.99. The van der Waals surface area contributed by atoms with Gasteiger partial charge in [-0.2, -0.15) is 0 Å². The van der Waals surface area contributed by atoms with Crippen LogP contribution in [0.15, 0.2) is 28.7 Å². The van der Waals surface area contributed by atoms with Crippen molar-refractivity contribution < 1.29 is 20.4 Å². The molecule has 14 heavy (non-hydrogen) atoms. The Bertz CT molecular complexity index is 357. The molecule has 0 aliphatic carbocycles. The summed E-state index contributed by atoms with van der Waals surface area (Å²) in [4.78, 5) is 10.6. The van der Waals surface area contributed by atoms with Crippen molar-refractivity contribution in [1.82, 2.24) is 0 Å². The Labute approximate surface area is 90.0 Å². The van der Waals surface area contributed by atoms with E-state index in [9.17, 15) is 9.18 Å². The summed E-state index contributed by atoms with van der Waals surface area (Å²) in [5, 5.41) is 8.59. The molecule has 76 valence electrons. The number of carbonyl (C=O) groups is 1. The molecule has 0 heterocycles. The molecule has 1 aromatic carbocycles. The van der Waals surface area contributed by atoms with E-state index in [2.05, 4.69) is 15.9 Å². The van der Waals surface area contributed by atoms with Crippen LogP contribution in [0.5, 0.6) is 5.75 Å². The number of ether oxygens (including phenoxy) is 1. The predicted molar refractivity (Wildman–Crippen MR) is 52.2 cm³/mol. The highest BCUT2D eigenvalue weighted by Crippen LogP contribution is 2.17. The third-order valence-electron chi connectivity index (χ3n) is 1.41. The minimum Gasteiger partial charge on any atom is -0.478 e. The van der Waals surface area contributed by atoms with Gasteiger partial charge in [-0.15, -0.1) is 0 Å². The first kappa shape index (κ1) is 9.45. The average molecular weight is 264 g/mol. The summed E-state index contributed by atoms with van der Waals surface area (Å²) in [6, 6.07) is 6.11. The number of hydrogen-bond acceptors (Lipinski definition) is 2. The van der Waals surface area contributed by atoms with E-state index >= 15 is 0 Å². The van der Waals surface area contributed by atoms with Crippen molar-refractivity contribution in [2.75, 3.05) is 6.67 Å². The molecule has 1 aromatic rings. The average Bonchev–Trinajstić information content (AvgIpc) is 2.21. The van der Waals surface area contributed by atoms with E-state index in [0.717, 1.165) is 4.47 Å². The zero-order chi connectivity index (χ0) is 11.5. The van der Waals surface area contributed by atoms with Crippen molar-refractivity contribution in [1.29, 1.82) is 0 Å². The maximum Gasteiger partial charge on any atom is 0.347 e. The highest BCUT2D eigenvalue weighted by molar-refractivity contribution is 9.10. The lowest BCUT2D eigenvalue weighted by molar-refractivity contribution is -0.145. The van der Waals surface area contributed by atoms with Crippen LogP contribution in [0.3, 0.4) is 0 Å². The number of rotatable bonds is 4. The van der Waals surface area contributed by atoms with Gasteiger partial charge in [0.05, 0.1) is 1.37 Å². The number of carboxylic acid groups (broad SMARTS) is 1. The Balaban J connectivity index is 2.84. The number of carboxylic acids is 1. The molecule has 0 saturated carbocycles. The molecule has 1 N–H and O–H groups in total. The standard InChI is InChI=1S/C9H8BrFO3/c10-6-1-3-7(4-2-6)14-8(5-11)9(12)13/h1-4,8H,5H2,(H,12,13)/t8-/m0/s1/i8D. The van der Waals surface area contributed by atoms with Crippen LogP contribution < -0.4 is 4.74 Å². The van der Waals surface area contributed by atoms with E-state index in [1.165, 1.54) is 12.1 Å². The van der Waals surface area contributed by atoms with Gasteiger partial charge in [0.1, 0.15) is 12.4 Å². The highest BCUT2D eigenvalue weighted by atomic mass is 79.9. The topological polar surface area (TPSA) is 46.5 Å². The highest BCUT2D eigenvalue weighted by Gasteiger charge is 2.18. The Hall–Kier alpha value is -1.10. The zero-order valence-corrected chi connectivity index (χ0v) is 8.62. The SMILES string of the molecule is [2H][C@@](CF)(Oc1ccc(Br)cc1)C(=O)O. The number of alkyl halides is 1. The third-order valence-corrected chi connectivity index (χ3v) is 1.94. The van der Waals surface area contributed by atoms with Gasteiger partial charge in [0, 0.05) is 4.47 Å². The largest absolute Gasteiger partial charge is 0.478 e. The van der Waals surface area contributed by atoms with Crippen LogP contribution in [0.4, 0.5) is 4.39 Å². The van der Waals surface area contributed by atoms with E-state index in [-0.39, 0.29) is 5.75 Å². The molecule has 0 bridgehead atoms. The van der Waals surface area contributed by atoms with Crippen LogP contribution >= 0.6 is 15.9 Å². The maximum atomic E-state index is 12.4. The van der Waals surface area contributed by atoms with Crippen molar-refractivity contribution >= 4 is 21.9 Å². The molecule has 0 fully saturated rings. The number of aliphatic carboxylic acids is 1. The second kappa shape index (κ2) is 4.95. The minimum atomic E-state index is -2.58. The van der Waals surface area contributed by atoms with Gasteiger partial charge in [0.15, 0.2) is 0 Å². The smallest absolute Gasteiger partial charge is 0.347 e. The number of hydrogen-bond donors (Lipinski definition) is 1. The predicted octanol–water partition coefficient (Wildman–Crippen LogP) is 2.25. The molecule has 0 aromatic heterocycles. The molecule has 0 radical (unpaired) electrons. The summed E-state index contributed by atoms with van der Waals surface area (Å²) in [6.07, 6.45) is -2.58. The lowest BCUT2D eigenvalue weighted by Crippen LogP contribution is -2.28. The van der Waals surface area contributed by atoms with Gasteiger partial charge in [-0.05, 0) is 24.3 Å². The molecule has 0 spiro atoms. The summed E-state index contributed by atoms with van der Waals surface area (Å²) in [5.74, 6) is -1.53. The van der Waals surface area contributed by atoms with Crippen molar-refractivity contribution in [3.05, 3.63) is 28.7 Å². The van der Waals surface area contributed by atoms with Gasteiger partial charge in [0.2, 0.25) is 6.08 Å². The summed E-state index contributed by atoms with van der Waals surface area (Å²) in [7, 11) is 0. The van der Waals surface area contributed by atoms with Crippen molar-refractivity contribution in [2.45, 2.75) is 6.08 Å². The molecule has 0 saturated heterocycles. The number of halogens is 2. The van der Waals surface area contributed by atoms with Crippen molar-refractivity contribution in [2.24, 2.45) is 0 Å². The molecular formula is C9H8BrFO3. The van der Waals surface area contributed by atoms with Crippen molar-refractivity contribution in [3.63, 3.8) is 0 Å². The van der Waals surface area contributed by atoms with Crippen LogP contribution in [0.25, 0.3) is 0 Å². The Kier molecular flexibility index (Phi) is 3.34. The zero-order valence-electron chi connectivity index (χ0n) is 8.04. The van der Waals surface area contributed by atoms with Crippen molar-refractivity contribution in [3.8, 4) is 5.75 Å². The normalized spacial score (nSPS) is 15.4. The monoisotopic (exact) mass is 263 g/mol. The van der Waals surface area contributed by atoms with Crippen LogP contribution in [0, 0.1) is 0 Å². The molecule has 0 aliphatic heterocycles. The first-order valence-electron chi connectivity index (χ1n) is 4.22. The van der Waals surface area contributed by atoms with E-state index in [4.69, 9.17) is 11.2 Å². The first-order valence-corrected chi connectivity index (χ1v) is 4.51. The molecule has 0 amide bonds. The quantitative estimate of drug-likeness (QED) is 0.907. The van der Waals surface area contributed by atoms with Gasteiger partial charge in [-0.25, -0.2) is 9.18 Å². The summed E-state index contributed by atoms with van der Waals surface area (Å²) >= 11 is 3.18. The lowest BCUT2D eigenvalue weighted by Gasteiger charge is -2.11. The fourth-order valence-corrected chi connectivity index (χ4v) is 1.04. The summed E-state index contributed by atoms with van der Waals surface area (Å²) in [6.45, 7) is -1.42. The summed E-state index contributed by atoms with van der Waals surface area (Å²) in [5.41, 5.74) is 0. The van der Waals surface area contributed by atoms with Crippen LogP contribution in [0.2, 0.25) is 0 Å². The Morgan fingerprint density at radius 1 is 1.64 bits per heavy atom. The molecule has 0 aliphatic rings. The molecule has 5 heteroatoms. The maximum absolute atomic E-state index is 12.4. The van der Waals surface area contributed by atoms with Gasteiger partial charge < -0.3 is 9.84 Å². The first-order chi connectivity index (χ1) is 6.98. The van der Waals surface area contributed by atoms with Gasteiger partial charge >= 0.3 is 5.97 Å². The van der Waals surface area contributed by atoms with Gasteiger partial charge in [0.25, 0.3) is 0 Å². The van der Waals surface area contributed by atoms with E-state index in [0.29, 0.717) is 0 Å². The van der Waals surface area contributed by atoms with Gasteiger partial charge in [-0.3, -0.25) is 0 Å².